The van der Waals surface area contributed by atoms with Crippen molar-refractivity contribution in [3.05, 3.63) is 57.7 Å². The average molecular weight is 320 g/mol. The maximum Gasteiger partial charge on any atom is 0.126 e. The quantitative estimate of drug-likeness (QED) is 0.909. The van der Waals surface area contributed by atoms with Gasteiger partial charge in [0.1, 0.15) is 5.82 Å². The van der Waals surface area contributed by atoms with Gasteiger partial charge < -0.3 is 11.1 Å². The monoisotopic (exact) mass is 319 g/mol. The molecule has 1 aromatic heterocycles. The third-order valence-corrected chi connectivity index (χ3v) is 4.15. The molecule has 4 heteroatoms. The molecule has 1 atom stereocenters. The van der Waals surface area contributed by atoms with Crippen LogP contribution in [0.3, 0.4) is 0 Å². The minimum absolute atomic E-state index is 0.225. The number of pyridine rings is 1. The SMILES string of the molecule is CNC(Cc1cccnc1N)c1ccc(C)c(Br)c1. The molecule has 0 aliphatic rings. The van der Waals surface area contributed by atoms with Gasteiger partial charge in [0.25, 0.3) is 0 Å². The number of benzene rings is 1. The van der Waals surface area contributed by atoms with E-state index in [1.807, 2.05) is 19.2 Å². The summed E-state index contributed by atoms with van der Waals surface area (Å²) >= 11 is 3.58. The van der Waals surface area contributed by atoms with Crippen LogP contribution in [0.2, 0.25) is 0 Å². The molecular weight excluding hydrogens is 302 g/mol. The van der Waals surface area contributed by atoms with E-state index < -0.39 is 0 Å². The molecule has 0 aliphatic carbocycles. The first kappa shape index (κ1) is 14.0. The zero-order chi connectivity index (χ0) is 13.8. The van der Waals surface area contributed by atoms with Crippen molar-refractivity contribution in [3.63, 3.8) is 0 Å². The van der Waals surface area contributed by atoms with Gasteiger partial charge in [-0.2, -0.15) is 0 Å². The Bertz CT molecular complexity index is 569. The highest BCUT2D eigenvalue weighted by atomic mass is 79.9. The molecule has 0 fully saturated rings. The van der Waals surface area contributed by atoms with Crippen molar-refractivity contribution in [1.29, 1.82) is 0 Å². The van der Waals surface area contributed by atoms with E-state index in [1.54, 1.807) is 6.20 Å². The van der Waals surface area contributed by atoms with Gasteiger partial charge in [-0.1, -0.05) is 34.1 Å². The first-order chi connectivity index (χ1) is 9.11. The van der Waals surface area contributed by atoms with Crippen LogP contribution in [-0.2, 0) is 6.42 Å². The second-order valence-electron chi connectivity index (χ2n) is 4.60. The molecule has 0 radical (unpaired) electrons. The summed E-state index contributed by atoms with van der Waals surface area (Å²) in [5.41, 5.74) is 9.45. The number of halogens is 1. The number of nitrogens with zero attached hydrogens (tertiary/aromatic N) is 1. The lowest BCUT2D eigenvalue weighted by Gasteiger charge is -2.18. The second-order valence-corrected chi connectivity index (χ2v) is 5.46. The normalized spacial score (nSPS) is 12.4. The zero-order valence-electron chi connectivity index (χ0n) is 11.2. The molecule has 2 rings (SSSR count). The minimum atomic E-state index is 0.225. The number of nitrogens with one attached hydrogen (secondary N) is 1. The second kappa shape index (κ2) is 6.17. The first-order valence-electron chi connectivity index (χ1n) is 6.24. The summed E-state index contributed by atoms with van der Waals surface area (Å²) in [5.74, 6) is 0.605. The number of hydrogen-bond donors (Lipinski definition) is 2. The molecule has 100 valence electrons. The van der Waals surface area contributed by atoms with Crippen molar-refractivity contribution >= 4 is 21.7 Å². The molecule has 0 saturated heterocycles. The van der Waals surface area contributed by atoms with Gasteiger partial charge in [-0.3, -0.25) is 0 Å². The Morgan fingerprint density at radius 1 is 1.37 bits per heavy atom. The van der Waals surface area contributed by atoms with Crippen molar-refractivity contribution in [2.45, 2.75) is 19.4 Å². The maximum atomic E-state index is 5.91. The summed E-state index contributed by atoms with van der Waals surface area (Å²) in [6, 6.07) is 10.6. The lowest BCUT2D eigenvalue weighted by atomic mass is 9.98. The van der Waals surface area contributed by atoms with Gasteiger partial charge in [-0.15, -0.1) is 0 Å². The number of nitrogens with two attached hydrogens (primary N) is 1. The lowest BCUT2D eigenvalue weighted by Crippen LogP contribution is -2.19. The van der Waals surface area contributed by atoms with Crippen molar-refractivity contribution < 1.29 is 0 Å². The zero-order valence-corrected chi connectivity index (χ0v) is 12.7. The maximum absolute atomic E-state index is 5.91. The summed E-state index contributed by atoms with van der Waals surface area (Å²) in [4.78, 5) is 4.13. The van der Waals surface area contributed by atoms with Crippen molar-refractivity contribution in [2.75, 3.05) is 12.8 Å². The number of hydrogen-bond acceptors (Lipinski definition) is 3. The van der Waals surface area contributed by atoms with Gasteiger partial charge in [-0.05, 0) is 49.2 Å². The summed E-state index contributed by atoms with van der Waals surface area (Å²) in [5, 5.41) is 3.34. The first-order valence-corrected chi connectivity index (χ1v) is 7.03. The highest BCUT2D eigenvalue weighted by Gasteiger charge is 2.13. The number of likely N-dealkylation sites (N-methyl/N-ethyl adjacent to an activating group) is 1. The largest absolute Gasteiger partial charge is 0.383 e. The number of rotatable bonds is 4. The van der Waals surface area contributed by atoms with E-state index in [0.29, 0.717) is 5.82 Å². The third kappa shape index (κ3) is 3.33. The molecule has 1 aromatic carbocycles. The predicted molar refractivity (Wildman–Crippen MR) is 83.0 cm³/mol. The predicted octanol–water partition coefficient (Wildman–Crippen LogP) is 3.24. The van der Waals surface area contributed by atoms with Crippen molar-refractivity contribution in [2.24, 2.45) is 0 Å². The fourth-order valence-electron chi connectivity index (χ4n) is 2.06. The molecule has 0 amide bonds. The van der Waals surface area contributed by atoms with E-state index >= 15 is 0 Å². The van der Waals surface area contributed by atoms with Crippen molar-refractivity contribution in [1.82, 2.24) is 10.3 Å². The Morgan fingerprint density at radius 3 is 2.79 bits per heavy atom. The van der Waals surface area contributed by atoms with Crippen LogP contribution in [0.5, 0.6) is 0 Å². The van der Waals surface area contributed by atoms with Gasteiger partial charge in [0.2, 0.25) is 0 Å². The average Bonchev–Trinajstić information content (AvgIpc) is 2.41. The molecule has 1 unspecified atom stereocenters. The molecule has 0 spiro atoms. The van der Waals surface area contributed by atoms with E-state index in [4.69, 9.17) is 5.73 Å². The number of aromatic nitrogens is 1. The topological polar surface area (TPSA) is 50.9 Å². The van der Waals surface area contributed by atoms with E-state index in [1.165, 1.54) is 11.1 Å². The molecule has 3 N–H and O–H groups in total. The van der Waals surface area contributed by atoms with Crippen LogP contribution in [0.1, 0.15) is 22.7 Å². The van der Waals surface area contributed by atoms with E-state index in [9.17, 15) is 0 Å². The van der Waals surface area contributed by atoms with Crippen LogP contribution in [0, 0.1) is 6.92 Å². The minimum Gasteiger partial charge on any atom is -0.383 e. The van der Waals surface area contributed by atoms with Gasteiger partial charge >= 0.3 is 0 Å². The summed E-state index contributed by atoms with van der Waals surface area (Å²) in [6.07, 6.45) is 2.54. The number of aryl methyl sites for hydroxylation is 1. The lowest BCUT2D eigenvalue weighted by molar-refractivity contribution is 0.591. The number of nitrogen functional groups attached to an aromatic ring is 1. The van der Waals surface area contributed by atoms with Gasteiger partial charge in [0, 0.05) is 16.7 Å². The van der Waals surface area contributed by atoms with Gasteiger partial charge in [0.05, 0.1) is 0 Å². The Labute approximate surface area is 122 Å². The third-order valence-electron chi connectivity index (χ3n) is 3.30. The highest BCUT2D eigenvalue weighted by molar-refractivity contribution is 9.10. The van der Waals surface area contributed by atoms with Crippen LogP contribution in [0.15, 0.2) is 41.0 Å². The fraction of sp³-hybridized carbons (Fsp3) is 0.267. The fourth-order valence-corrected chi connectivity index (χ4v) is 2.45. The van der Waals surface area contributed by atoms with Gasteiger partial charge in [0.15, 0.2) is 0 Å². The van der Waals surface area contributed by atoms with Gasteiger partial charge in [-0.25, -0.2) is 4.98 Å². The highest BCUT2D eigenvalue weighted by Crippen LogP contribution is 2.25. The summed E-state index contributed by atoms with van der Waals surface area (Å²) in [7, 11) is 1.96. The smallest absolute Gasteiger partial charge is 0.126 e. The molecule has 0 bridgehead atoms. The summed E-state index contributed by atoms with van der Waals surface area (Å²) < 4.78 is 1.13. The van der Waals surface area contributed by atoms with E-state index in [-0.39, 0.29) is 6.04 Å². The Balaban J connectivity index is 2.25. The Kier molecular flexibility index (Phi) is 4.56. The van der Waals surface area contributed by atoms with Crippen LogP contribution in [-0.4, -0.2) is 12.0 Å². The molecule has 3 nitrogen and oxygen atoms in total. The Morgan fingerprint density at radius 2 is 2.16 bits per heavy atom. The van der Waals surface area contributed by atoms with Crippen molar-refractivity contribution in [3.8, 4) is 0 Å². The standard InChI is InChI=1S/C15H18BrN3/c1-10-5-6-11(8-13(10)16)14(18-2)9-12-4-3-7-19-15(12)17/h3-8,14,18H,9H2,1-2H3,(H2,17,19). The van der Waals surface area contributed by atoms with Crippen LogP contribution < -0.4 is 11.1 Å². The van der Waals surface area contributed by atoms with Crippen LogP contribution >= 0.6 is 15.9 Å². The molecule has 1 heterocycles. The van der Waals surface area contributed by atoms with Crippen LogP contribution in [0.25, 0.3) is 0 Å². The number of anilines is 1. The van der Waals surface area contributed by atoms with Crippen LogP contribution in [0.4, 0.5) is 5.82 Å². The Hall–Kier alpha value is -1.39. The molecule has 19 heavy (non-hydrogen) atoms. The summed E-state index contributed by atoms with van der Waals surface area (Å²) in [6.45, 7) is 2.08. The molecular formula is C15H18BrN3. The molecule has 2 aromatic rings. The van der Waals surface area contributed by atoms with E-state index in [0.717, 1.165) is 16.5 Å². The molecule has 0 saturated carbocycles. The van der Waals surface area contributed by atoms with E-state index in [2.05, 4.69) is 51.4 Å². The molecule has 0 aliphatic heterocycles.